The Morgan fingerprint density at radius 3 is 2.36 bits per heavy atom. The maximum Gasteiger partial charge on any atom is 0.218 e. The fraction of sp³-hybridized carbons (Fsp3) is 0.375. The van der Waals surface area contributed by atoms with Crippen molar-refractivity contribution in [3.8, 4) is 11.5 Å². The lowest BCUT2D eigenvalue weighted by atomic mass is 10.3. The SMILES string of the molecule is Cc1cc(-c2nc(N)n(C)n2)n(C)n1. The van der Waals surface area contributed by atoms with Crippen molar-refractivity contribution in [2.45, 2.75) is 6.92 Å². The van der Waals surface area contributed by atoms with Gasteiger partial charge in [0.2, 0.25) is 11.8 Å². The molecule has 0 saturated carbocycles. The molecule has 0 saturated heterocycles. The largest absolute Gasteiger partial charge is 0.368 e. The van der Waals surface area contributed by atoms with Crippen molar-refractivity contribution in [2.24, 2.45) is 14.1 Å². The highest BCUT2D eigenvalue weighted by Crippen LogP contribution is 2.16. The first-order chi connectivity index (χ1) is 6.58. The van der Waals surface area contributed by atoms with Crippen LogP contribution < -0.4 is 5.73 Å². The van der Waals surface area contributed by atoms with Crippen molar-refractivity contribution >= 4 is 5.95 Å². The van der Waals surface area contributed by atoms with Gasteiger partial charge in [0.1, 0.15) is 5.69 Å². The molecule has 0 fully saturated rings. The van der Waals surface area contributed by atoms with E-state index in [4.69, 9.17) is 5.73 Å². The molecule has 0 radical (unpaired) electrons. The molecule has 0 aliphatic carbocycles. The Labute approximate surface area is 81.4 Å². The van der Waals surface area contributed by atoms with E-state index in [1.165, 1.54) is 4.68 Å². The maximum atomic E-state index is 5.59. The quantitative estimate of drug-likeness (QED) is 0.695. The van der Waals surface area contributed by atoms with E-state index >= 15 is 0 Å². The Balaban J connectivity index is 2.54. The molecule has 14 heavy (non-hydrogen) atoms. The Hall–Kier alpha value is -1.85. The fourth-order valence-corrected chi connectivity index (χ4v) is 1.32. The summed E-state index contributed by atoms with van der Waals surface area (Å²) in [5.41, 5.74) is 7.40. The lowest BCUT2D eigenvalue weighted by Gasteiger charge is -1.93. The zero-order valence-corrected chi connectivity index (χ0v) is 8.39. The van der Waals surface area contributed by atoms with E-state index < -0.39 is 0 Å². The molecule has 0 aliphatic heterocycles. The van der Waals surface area contributed by atoms with Gasteiger partial charge in [0.15, 0.2) is 0 Å². The normalized spacial score (nSPS) is 10.8. The number of aryl methyl sites for hydroxylation is 3. The topological polar surface area (TPSA) is 74.5 Å². The summed E-state index contributed by atoms with van der Waals surface area (Å²) in [7, 11) is 3.62. The van der Waals surface area contributed by atoms with Gasteiger partial charge < -0.3 is 5.73 Å². The number of nitrogen functional groups attached to an aromatic ring is 1. The number of hydrogen-bond donors (Lipinski definition) is 1. The summed E-state index contributed by atoms with van der Waals surface area (Å²) < 4.78 is 3.28. The van der Waals surface area contributed by atoms with E-state index in [1.807, 2.05) is 20.0 Å². The molecule has 0 unspecified atom stereocenters. The Kier molecular flexibility index (Phi) is 1.77. The van der Waals surface area contributed by atoms with Crippen LogP contribution in [0.5, 0.6) is 0 Å². The van der Waals surface area contributed by atoms with Gasteiger partial charge in [-0.1, -0.05) is 0 Å². The maximum absolute atomic E-state index is 5.59. The van der Waals surface area contributed by atoms with Crippen LogP contribution in [0.2, 0.25) is 0 Å². The van der Waals surface area contributed by atoms with E-state index in [0.29, 0.717) is 11.8 Å². The highest BCUT2D eigenvalue weighted by Gasteiger charge is 2.11. The third-order valence-corrected chi connectivity index (χ3v) is 2.03. The predicted molar refractivity (Wildman–Crippen MR) is 52.4 cm³/mol. The first-order valence-corrected chi connectivity index (χ1v) is 4.25. The Morgan fingerprint density at radius 1 is 1.21 bits per heavy atom. The van der Waals surface area contributed by atoms with Crippen LogP contribution in [0.3, 0.4) is 0 Å². The van der Waals surface area contributed by atoms with E-state index in [1.54, 1.807) is 11.7 Å². The van der Waals surface area contributed by atoms with Gasteiger partial charge in [-0.2, -0.15) is 10.1 Å². The summed E-state index contributed by atoms with van der Waals surface area (Å²) in [6, 6.07) is 1.93. The number of rotatable bonds is 1. The van der Waals surface area contributed by atoms with E-state index in [9.17, 15) is 0 Å². The average molecular weight is 192 g/mol. The summed E-state index contributed by atoms with van der Waals surface area (Å²) in [5, 5.41) is 8.39. The van der Waals surface area contributed by atoms with Crippen LogP contribution in [0.1, 0.15) is 5.69 Å². The molecular weight excluding hydrogens is 180 g/mol. The van der Waals surface area contributed by atoms with Crippen molar-refractivity contribution in [2.75, 3.05) is 5.73 Å². The van der Waals surface area contributed by atoms with E-state index in [2.05, 4.69) is 15.2 Å². The van der Waals surface area contributed by atoms with Gasteiger partial charge in [0, 0.05) is 14.1 Å². The van der Waals surface area contributed by atoms with Crippen molar-refractivity contribution in [3.63, 3.8) is 0 Å². The van der Waals surface area contributed by atoms with Gasteiger partial charge >= 0.3 is 0 Å². The molecule has 2 heterocycles. The lowest BCUT2D eigenvalue weighted by Crippen LogP contribution is -1.97. The zero-order chi connectivity index (χ0) is 10.3. The van der Waals surface area contributed by atoms with Crippen molar-refractivity contribution in [1.29, 1.82) is 0 Å². The third kappa shape index (κ3) is 1.24. The first-order valence-electron chi connectivity index (χ1n) is 4.25. The Morgan fingerprint density at radius 2 is 1.93 bits per heavy atom. The Bertz CT molecular complexity index is 447. The molecule has 0 aliphatic rings. The van der Waals surface area contributed by atoms with Crippen LogP contribution >= 0.6 is 0 Å². The second-order valence-electron chi connectivity index (χ2n) is 3.21. The summed E-state index contributed by atoms with van der Waals surface area (Å²) in [6.45, 7) is 1.93. The molecule has 2 N–H and O–H groups in total. The van der Waals surface area contributed by atoms with Gasteiger partial charge in [-0.3, -0.25) is 4.68 Å². The molecule has 6 nitrogen and oxygen atoms in total. The molecule has 6 heteroatoms. The number of aromatic nitrogens is 5. The van der Waals surface area contributed by atoms with Gasteiger partial charge in [0.25, 0.3) is 0 Å². The number of nitrogens with two attached hydrogens (primary N) is 1. The molecule has 0 bridgehead atoms. The zero-order valence-electron chi connectivity index (χ0n) is 8.39. The molecular formula is C8H12N6. The second kappa shape index (κ2) is 2.83. The lowest BCUT2D eigenvalue weighted by molar-refractivity contribution is 0.747. The van der Waals surface area contributed by atoms with Crippen LogP contribution in [0, 0.1) is 6.92 Å². The molecule has 74 valence electrons. The second-order valence-corrected chi connectivity index (χ2v) is 3.21. The van der Waals surface area contributed by atoms with Crippen LogP contribution in [-0.2, 0) is 14.1 Å². The molecule has 0 aromatic carbocycles. The van der Waals surface area contributed by atoms with Crippen molar-refractivity contribution in [1.82, 2.24) is 24.5 Å². The van der Waals surface area contributed by atoms with Gasteiger partial charge in [-0.05, 0) is 13.0 Å². The minimum absolute atomic E-state index is 0.402. The number of nitrogens with zero attached hydrogens (tertiary/aromatic N) is 5. The van der Waals surface area contributed by atoms with Crippen molar-refractivity contribution in [3.05, 3.63) is 11.8 Å². The van der Waals surface area contributed by atoms with Gasteiger partial charge in [0.05, 0.1) is 5.69 Å². The summed E-state index contributed by atoms with van der Waals surface area (Å²) in [4.78, 5) is 4.12. The minimum atomic E-state index is 0.402. The number of hydrogen-bond acceptors (Lipinski definition) is 4. The van der Waals surface area contributed by atoms with Crippen LogP contribution in [0.25, 0.3) is 11.5 Å². The summed E-state index contributed by atoms with van der Waals surface area (Å²) in [6.07, 6.45) is 0. The van der Waals surface area contributed by atoms with E-state index in [-0.39, 0.29) is 0 Å². The smallest absolute Gasteiger partial charge is 0.218 e. The molecule has 0 spiro atoms. The standard InChI is InChI=1S/C8H12N6/c1-5-4-6(13(2)11-5)7-10-8(9)14(3)12-7/h4H,1-3H3,(H2,9,10,12). The average Bonchev–Trinajstić information content (AvgIpc) is 2.57. The predicted octanol–water partition coefficient (Wildman–Crippen LogP) is 0.106. The third-order valence-electron chi connectivity index (χ3n) is 2.03. The molecule has 2 aromatic rings. The number of anilines is 1. The molecule has 0 atom stereocenters. The van der Waals surface area contributed by atoms with Crippen molar-refractivity contribution < 1.29 is 0 Å². The molecule has 2 aromatic heterocycles. The first kappa shape index (κ1) is 8.74. The minimum Gasteiger partial charge on any atom is -0.368 e. The molecule has 0 amide bonds. The highest BCUT2D eigenvalue weighted by atomic mass is 15.4. The monoisotopic (exact) mass is 192 g/mol. The highest BCUT2D eigenvalue weighted by molar-refractivity contribution is 5.51. The summed E-state index contributed by atoms with van der Waals surface area (Å²) in [5.74, 6) is 1.01. The van der Waals surface area contributed by atoms with Gasteiger partial charge in [-0.25, -0.2) is 4.68 Å². The molecule has 2 rings (SSSR count). The van der Waals surface area contributed by atoms with Crippen LogP contribution in [0.15, 0.2) is 6.07 Å². The fourth-order valence-electron chi connectivity index (χ4n) is 1.32. The van der Waals surface area contributed by atoms with Gasteiger partial charge in [-0.15, -0.1) is 5.10 Å². The van der Waals surface area contributed by atoms with Crippen LogP contribution in [-0.4, -0.2) is 24.5 Å². The van der Waals surface area contributed by atoms with E-state index in [0.717, 1.165) is 11.4 Å². The van der Waals surface area contributed by atoms with Crippen LogP contribution in [0.4, 0.5) is 5.95 Å². The summed E-state index contributed by atoms with van der Waals surface area (Å²) >= 11 is 0.